The summed E-state index contributed by atoms with van der Waals surface area (Å²) >= 11 is 0. The van der Waals surface area contributed by atoms with Gasteiger partial charge in [0.1, 0.15) is 17.3 Å². The molecule has 2 heterocycles. The summed E-state index contributed by atoms with van der Waals surface area (Å²) in [7, 11) is 0. The summed E-state index contributed by atoms with van der Waals surface area (Å²) in [4.78, 5) is 13.6. The van der Waals surface area contributed by atoms with Crippen LogP contribution in [0, 0.1) is 27.7 Å². The van der Waals surface area contributed by atoms with Crippen LogP contribution in [0.4, 0.5) is 0 Å². The summed E-state index contributed by atoms with van der Waals surface area (Å²) in [5, 5.41) is 11.2. The fraction of sp³-hybridized carbons (Fsp3) is 0.0909. The Labute approximate surface area is 281 Å². The lowest BCUT2D eigenvalue weighted by Crippen LogP contribution is -2.21. The standard InChI is InChI=1S/C44H34O4/c1-27-5-13-33(14-6-27)39-23-31(24-40(47-39)34-15-7-28(2)8-16-34)21-37-43(45)38(44(37)46)22-32-25-41(35-17-9-29(3)10-18-35)48-42(26-32)36-19-11-30(4)12-20-36/h5-26H,1-4H3/p+1. The van der Waals surface area contributed by atoms with E-state index in [0.29, 0.717) is 23.0 Å². The van der Waals surface area contributed by atoms with Gasteiger partial charge in [0, 0.05) is 11.1 Å². The zero-order valence-electron chi connectivity index (χ0n) is 27.4. The maximum absolute atomic E-state index is 13.6. The number of benzene rings is 4. The van der Waals surface area contributed by atoms with Gasteiger partial charge in [-0.05, 0) is 87.4 Å². The normalized spacial score (nSPS) is 15.1. The van der Waals surface area contributed by atoms with Crippen molar-refractivity contribution in [2.75, 3.05) is 0 Å². The lowest BCUT2D eigenvalue weighted by Gasteiger charge is -2.22. The molecule has 0 saturated carbocycles. The van der Waals surface area contributed by atoms with Crippen molar-refractivity contribution >= 4 is 23.4 Å². The molecule has 0 saturated heterocycles. The van der Waals surface area contributed by atoms with Crippen molar-refractivity contribution in [3.05, 3.63) is 189 Å². The van der Waals surface area contributed by atoms with Gasteiger partial charge in [-0.1, -0.05) is 95.1 Å². The molecule has 7 rings (SSSR count). The number of aliphatic hydroxyl groups is 1. The smallest absolute Gasteiger partial charge is 0.361 e. The number of aryl methyl sites for hydroxylation is 4. The number of ether oxygens (including phenoxy) is 1. The van der Waals surface area contributed by atoms with Crippen molar-refractivity contribution in [2.45, 2.75) is 27.7 Å². The molecule has 1 N–H and O–H groups in total. The van der Waals surface area contributed by atoms with Crippen molar-refractivity contribution in [1.82, 2.24) is 0 Å². The van der Waals surface area contributed by atoms with Crippen LogP contribution in [0.3, 0.4) is 0 Å². The molecule has 4 nitrogen and oxygen atoms in total. The van der Waals surface area contributed by atoms with Gasteiger partial charge < -0.3 is 9.84 Å². The highest BCUT2D eigenvalue weighted by Gasteiger charge is 2.33. The lowest BCUT2D eigenvalue weighted by atomic mass is 9.85. The van der Waals surface area contributed by atoms with Crippen LogP contribution < -0.4 is 0 Å². The first-order chi connectivity index (χ1) is 23.2. The third-order valence-electron chi connectivity index (χ3n) is 8.60. The Morgan fingerprint density at radius 2 is 0.958 bits per heavy atom. The summed E-state index contributed by atoms with van der Waals surface area (Å²) < 4.78 is 12.7. The summed E-state index contributed by atoms with van der Waals surface area (Å²) in [6.07, 6.45) is 7.27. The minimum absolute atomic E-state index is 0.0378. The van der Waals surface area contributed by atoms with Crippen LogP contribution in [-0.4, -0.2) is 10.9 Å². The molecular weight excluding hydrogens is 592 g/mol. The molecule has 234 valence electrons. The Hall–Kier alpha value is -6.00. The van der Waals surface area contributed by atoms with Crippen LogP contribution in [0.1, 0.15) is 38.9 Å². The SMILES string of the molecule is Cc1ccc(C2=CC(=CC3=C(O)C(=Cc4cc(-c5ccc(C)cc5)[o+]c(-c5ccc(C)cc5)c4)C3=O)C=C(c3ccc(C)cc3)O2)cc1. The Morgan fingerprint density at radius 3 is 1.35 bits per heavy atom. The van der Waals surface area contributed by atoms with E-state index in [1.54, 1.807) is 12.2 Å². The Morgan fingerprint density at radius 1 is 0.562 bits per heavy atom. The van der Waals surface area contributed by atoms with Crippen LogP contribution in [0.2, 0.25) is 0 Å². The molecule has 0 radical (unpaired) electrons. The zero-order valence-corrected chi connectivity index (χ0v) is 27.4. The van der Waals surface area contributed by atoms with E-state index in [-0.39, 0.29) is 22.7 Å². The van der Waals surface area contributed by atoms with E-state index in [1.165, 1.54) is 0 Å². The number of allylic oxidation sites excluding steroid dienone is 6. The maximum Gasteiger partial charge on any atom is 0.361 e. The molecule has 1 aliphatic heterocycles. The van der Waals surface area contributed by atoms with Crippen molar-refractivity contribution in [3.63, 3.8) is 0 Å². The highest BCUT2D eigenvalue weighted by Crippen LogP contribution is 2.37. The molecule has 1 aliphatic carbocycles. The van der Waals surface area contributed by atoms with Gasteiger partial charge >= 0.3 is 11.5 Å². The molecular formula is C44H35O4+. The molecule has 0 amide bonds. The fourth-order valence-electron chi connectivity index (χ4n) is 5.69. The van der Waals surface area contributed by atoms with Gasteiger partial charge in [-0.3, -0.25) is 4.79 Å². The second-order valence-corrected chi connectivity index (χ2v) is 12.5. The third-order valence-corrected chi connectivity index (χ3v) is 8.60. The number of hydrogen-bond acceptors (Lipinski definition) is 3. The fourth-order valence-corrected chi connectivity index (χ4v) is 5.69. The number of aliphatic hydroxyl groups excluding tert-OH is 1. The van der Waals surface area contributed by atoms with Crippen LogP contribution in [0.15, 0.2) is 154 Å². The lowest BCUT2D eigenvalue weighted by molar-refractivity contribution is -0.113. The van der Waals surface area contributed by atoms with E-state index in [0.717, 1.165) is 55.6 Å². The van der Waals surface area contributed by atoms with Crippen molar-refractivity contribution in [2.24, 2.45) is 0 Å². The predicted octanol–water partition coefficient (Wildman–Crippen LogP) is 10.9. The number of Topliss-reactive ketones (excluding diaryl/α,β-unsaturated/α-hetero) is 1. The third kappa shape index (κ3) is 6.33. The van der Waals surface area contributed by atoms with E-state index in [4.69, 9.17) is 9.15 Å². The molecule has 4 heteroatoms. The quantitative estimate of drug-likeness (QED) is 0.150. The Kier molecular flexibility index (Phi) is 8.08. The molecule has 0 unspecified atom stereocenters. The molecule has 1 aromatic heterocycles. The van der Waals surface area contributed by atoms with Gasteiger partial charge in [0.05, 0.1) is 34.4 Å². The van der Waals surface area contributed by atoms with E-state index < -0.39 is 0 Å². The second kappa shape index (κ2) is 12.7. The number of carbonyl (C=O) groups is 1. The molecule has 4 aromatic carbocycles. The average Bonchev–Trinajstić information content (AvgIpc) is 3.10. The summed E-state index contributed by atoms with van der Waals surface area (Å²) in [5.41, 5.74) is 10.3. The summed E-state index contributed by atoms with van der Waals surface area (Å²) in [6.45, 7) is 8.18. The van der Waals surface area contributed by atoms with Crippen LogP contribution >= 0.6 is 0 Å². The molecule has 0 atom stereocenters. The first kappa shape index (κ1) is 30.6. The molecule has 0 fully saturated rings. The molecule has 48 heavy (non-hydrogen) atoms. The maximum atomic E-state index is 13.6. The monoisotopic (exact) mass is 627 g/mol. The highest BCUT2D eigenvalue weighted by atomic mass is 16.5. The minimum Gasteiger partial charge on any atom is -0.506 e. The number of carbonyl (C=O) groups excluding carboxylic acids is 1. The van der Waals surface area contributed by atoms with Crippen LogP contribution in [-0.2, 0) is 9.53 Å². The van der Waals surface area contributed by atoms with E-state index in [1.807, 2.05) is 149 Å². The Bertz CT molecular complexity index is 2080. The van der Waals surface area contributed by atoms with Crippen LogP contribution in [0.25, 0.3) is 40.2 Å². The van der Waals surface area contributed by atoms with Crippen LogP contribution in [0.5, 0.6) is 0 Å². The summed E-state index contributed by atoms with van der Waals surface area (Å²) in [6, 6.07) is 36.3. The minimum atomic E-state index is -0.225. The van der Waals surface area contributed by atoms with E-state index in [9.17, 15) is 9.90 Å². The van der Waals surface area contributed by atoms with Gasteiger partial charge in [0.25, 0.3) is 0 Å². The Balaban J connectivity index is 1.28. The largest absolute Gasteiger partial charge is 0.506 e. The molecule has 5 aromatic rings. The number of ketones is 1. The van der Waals surface area contributed by atoms with Gasteiger partial charge in [-0.15, -0.1) is 0 Å². The zero-order chi connectivity index (χ0) is 33.4. The van der Waals surface area contributed by atoms with E-state index >= 15 is 0 Å². The van der Waals surface area contributed by atoms with Crippen molar-refractivity contribution in [3.8, 4) is 22.6 Å². The first-order valence-electron chi connectivity index (χ1n) is 16.0. The number of rotatable bonds is 6. The van der Waals surface area contributed by atoms with Crippen molar-refractivity contribution < 1.29 is 19.1 Å². The van der Waals surface area contributed by atoms with Gasteiger partial charge in [-0.25, -0.2) is 4.42 Å². The first-order valence-corrected chi connectivity index (χ1v) is 16.0. The predicted molar refractivity (Wildman–Crippen MR) is 194 cm³/mol. The highest BCUT2D eigenvalue weighted by molar-refractivity contribution is 6.23. The molecule has 0 bridgehead atoms. The molecule has 2 aliphatic rings. The average molecular weight is 628 g/mol. The second-order valence-electron chi connectivity index (χ2n) is 12.5. The van der Waals surface area contributed by atoms with Gasteiger partial charge in [0.2, 0.25) is 5.78 Å². The van der Waals surface area contributed by atoms with Crippen molar-refractivity contribution in [1.29, 1.82) is 0 Å². The topological polar surface area (TPSA) is 57.8 Å². The van der Waals surface area contributed by atoms with E-state index in [2.05, 4.69) is 0 Å². The van der Waals surface area contributed by atoms with Gasteiger partial charge in [0.15, 0.2) is 0 Å². The summed E-state index contributed by atoms with van der Waals surface area (Å²) in [5.74, 6) is 2.41. The number of hydrogen-bond donors (Lipinski definition) is 1. The van der Waals surface area contributed by atoms with Gasteiger partial charge in [-0.2, -0.15) is 0 Å². The molecule has 0 spiro atoms.